The lowest BCUT2D eigenvalue weighted by atomic mass is 9.89. The van der Waals surface area contributed by atoms with Gasteiger partial charge in [0.2, 0.25) is 0 Å². The third-order valence-electron chi connectivity index (χ3n) is 10.5. The van der Waals surface area contributed by atoms with Gasteiger partial charge in [0.15, 0.2) is 0 Å². The number of rotatable bonds is 5. The number of para-hydroxylation sites is 2. The molecule has 2 nitrogen and oxygen atoms in total. The first kappa shape index (κ1) is 28.6. The van der Waals surface area contributed by atoms with Crippen molar-refractivity contribution >= 4 is 33.2 Å². The van der Waals surface area contributed by atoms with Gasteiger partial charge in [0, 0.05) is 33.8 Å². The van der Waals surface area contributed by atoms with Crippen LogP contribution in [0, 0.1) is 0 Å². The second-order valence-corrected chi connectivity index (χ2v) is 13.3. The van der Waals surface area contributed by atoms with Crippen LogP contribution in [0.2, 0.25) is 0 Å². The Kier molecular flexibility index (Phi) is 6.67. The van der Waals surface area contributed by atoms with Crippen LogP contribution in [-0.4, -0.2) is 10.6 Å². The molecule has 1 aromatic heterocycles. The first-order valence-corrected chi connectivity index (χ1v) is 17.4. The third-order valence-corrected chi connectivity index (χ3v) is 10.5. The van der Waals surface area contributed by atoms with Crippen molar-refractivity contribution in [2.75, 3.05) is 4.90 Å². The number of fused-ring (bicyclic) bond motifs is 6. The van der Waals surface area contributed by atoms with E-state index in [0.717, 1.165) is 0 Å². The van der Waals surface area contributed by atoms with Crippen LogP contribution in [0.4, 0.5) is 11.4 Å². The van der Waals surface area contributed by atoms with Crippen LogP contribution in [0.25, 0.3) is 60.9 Å². The van der Waals surface area contributed by atoms with E-state index in [9.17, 15) is 0 Å². The summed E-state index contributed by atoms with van der Waals surface area (Å²) in [4.78, 5) is 2.49. The quantitative estimate of drug-likeness (QED) is 0.182. The summed E-state index contributed by atoms with van der Waals surface area (Å²) in [7, 11) is 0. The molecule has 0 bridgehead atoms. The first-order valence-electron chi connectivity index (χ1n) is 17.4. The average Bonchev–Trinajstić information content (AvgIpc) is 3.71. The molecule has 236 valence electrons. The Bertz CT molecular complexity index is 2570. The van der Waals surface area contributed by atoms with E-state index in [1.807, 2.05) is 0 Å². The van der Waals surface area contributed by atoms with Gasteiger partial charge in [0.25, 0.3) is 0 Å². The summed E-state index contributed by atoms with van der Waals surface area (Å²) in [6.45, 7) is 0. The molecule has 2 unspecified atom stereocenters. The zero-order valence-electron chi connectivity index (χ0n) is 27.5. The molecule has 7 aromatic carbocycles. The smallest absolute Gasteiger partial charge is 0.0629 e. The topological polar surface area (TPSA) is 8.17 Å². The minimum absolute atomic E-state index is 0.296. The lowest BCUT2D eigenvalue weighted by Gasteiger charge is -2.28. The zero-order chi connectivity index (χ0) is 33.0. The van der Waals surface area contributed by atoms with E-state index in [1.165, 1.54) is 77.8 Å². The fourth-order valence-electron chi connectivity index (χ4n) is 8.13. The van der Waals surface area contributed by atoms with E-state index in [2.05, 4.69) is 204 Å². The highest BCUT2D eigenvalue weighted by molar-refractivity contribution is 6.10. The number of hydrogen-bond acceptors (Lipinski definition) is 1. The van der Waals surface area contributed by atoms with Crippen molar-refractivity contribution in [3.63, 3.8) is 0 Å². The normalized spacial score (nSPS) is 16.2. The number of benzene rings is 7. The molecule has 2 heterocycles. The standard InChI is InChI=1S/C48H34N2/c1-3-11-33(12-4-1)34-23-27-40(28-24-34)50-46-18-10-8-16-42(46)44-32-38(26-30-48(44)50)36-21-19-35(20-22-36)37-25-29-47-43(31-37)41-15-7-9-17-45(41)49(47)39-13-5-2-6-14-39/h1-32,41,45H. The van der Waals surface area contributed by atoms with Crippen molar-refractivity contribution in [2.45, 2.75) is 12.0 Å². The predicted octanol–water partition coefficient (Wildman–Crippen LogP) is 12.5. The first-order chi connectivity index (χ1) is 24.8. The summed E-state index contributed by atoms with van der Waals surface area (Å²) < 4.78 is 2.39. The molecule has 2 atom stereocenters. The molecule has 50 heavy (non-hydrogen) atoms. The molecule has 10 rings (SSSR count). The summed E-state index contributed by atoms with van der Waals surface area (Å²) in [5, 5.41) is 2.53. The van der Waals surface area contributed by atoms with Crippen LogP contribution in [0.5, 0.6) is 0 Å². The van der Waals surface area contributed by atoms with Crippen LogP contribution >= 0.6 is 0 Å². The van der Waals surface area contributed by atoms with Crippen molar-refractivity contribution in [1.82, 2.24) is 4.57 Å². The van der Waals surface area contributed by atoms with Crippen molar-refractivity contribution in [3.05, 3.63) is 200 Å². The van der Waals surface area contributed by atoms with Gasteiger partial charge in [-0.2, -0.15) is 0 Å². The Morgan fingerprint density at radius 1 is 0.380 bits per heavy atom. The van der Waals surface area contributed by atoms with E-state index in [-0.39, 0.29) is 0 Å². The maximum absolute atomic E-state index is 2.49. The molecule has 1 aliphatic carbocycles. The second kappa shape index (κ2) is 11.6. The molecule has 0 amide bonds. The van der Waals surface area contributed by atoms with Crippen molar-refractivity contribution < 1.29 is 0 Å². The fraction of sp³-hybridized carbons (Fsp3) is 0.0417. The summed E-state index contributed by atoms with van der Waals surface area (Å²) in [5.41, 5.74) is 14.9. The summed E-state index contributed by atoms with van der Waals surface area (Å²) in [6, 6.07) is 62.3. The summed E-state index contributed by atoms with van der Waals surface area (Å²) >= 11 is 0. The Labute approximate surface area is 292 Å². The van der Waals surface area contributed by atoms with Gasteiger partial charge < -0.3 is 9.47 Å². The fourth-order valence-corrected chi connectivity index (χ4v) is 8.13. The van der Waals surface area contributed by atoms with E-state index in [0.29, 0.717) is 12.0 Å². The van der Waals surface area contributed by atoms with Gasteiger partial charge >= 0.3 is 0 Å². The molecular weight excluding hydrogens is 605 g/mol. The summed E-state index contributed by atoms with van der Waals surface area (Å²) in [5.74, 6) is 0.338. The predicted molar refractivity (Wildman–Crippen MR) is 210 cm³/mol. The van der Waals surface area contributed by atoms with Gasteiger partial charge in [-0.3, -0.25) is 0 Å². The van der Waals surface area contributed by atoms with E-state index >= 15 is 0 Å². The van der Waals surface area contributed by atoms with Crippen LogP contribution in [0.15, 0.2) is 194 Å². The van der Waals surface area contributed by atoms with Crippen molar-refractivity contribution in [3.8, 4) is 39.1 Å². The van der Waals surface area contributed by atoms with Crippen molar-refractivity contribution in [1.29, 1.82) is 0 Å². The molecule has 1 aliphatic heterocycles. The number of nitrogens with zero attached hydrogens (tertiary/aromatic N) is 2. The molecule has 0 saturated carbocycles. The number of hydrogen-bond donors (Lipinski definition) is 0. The molecule has 0 fully saturated rings. The molecule has 8 aromatic rings. The van der Waals surface area contributed by atoms with Crippen molar-refractivity contribution in [2.24, 2.45) is 0 Å². The van der Waals surface area contributed by atoms with E-state index < -0.39 is 0 Å². The van der Waals surface area contributed by atoms with Gasteiger partial charge in [0.1, 0.15) is 0 Å². The lowest BCUT2D eigenvalue weighted by molar-refractivity contribution is 0.745. The minimum Gasteiger partial charge on any atom is -0.333 e. The Balaban J connectivity index is 0.990. The largest absolute Gasteiger partial charge is 0.333 e. The van der Waals surface area contributed by atoms with Gasteiger partial charge in [-0.05, 0) is 93.5 Å². The third kappa shape index (κ3) is 4.64. The highest BCUT2D eigenvalue weighted by Gasteiger charge is 2.37. The number of anilines is 2. The highest BCUT2D eigenvalue weighted by atomic mass is 15.2. The highest BCUT2D eigenvalue weighted by Crippen LogP contribution is 2.48. The lowest BCUT2D eigenvalue weighted by Crippen LogP contribution is -2.28. The Morgan fingerprint density at radius 3 is 1.72 bits per heavy atom. The maximum Gasteiger partial charge on any atom is 0.0629 e. The summed E-state index contributed by atoms with van der Waals surface area (Å²) in [6.07, 6.45) is 9.06. The van der Waals surface area contributed by atoms with Crippen LogP contribution in [0.3, 0.4) is 0 Å². The van der Waals surface area contributed by atoms with Gasteiger partial charge in [-0.25, -0.2) is 0 Å². The Hall–Kier alpha value is -6.38. The second-order valence-electron chi connectivity index (χ2n) is 13.3. The molecular formula is C48H34N2. The zero-order valence-corrected chi connectivity index (χ0v) is 27.5. The molecule has 0 saturated heterocycles. The monoisotopic (exact) mass is 638 g/mol. The average molecular weight is 639 g/mol. The van der Waals surface area contributed by atoms with Gasteiger partial charge in [-0.15, -0.1) is 0 Å². The van der Waals surface area contributed by atoms with Crippen LogP contribution in [0.1, 0.15) is 11.5 Å². The molecule has 0 radical (unpaired) electrons. The van der Waals surface area contributed by atoms with Gasteiger partial charge in [0.05, 0.1) is 17.1 Å². The number of aromatic nitrogens is 1. The SMILES string of the molecule is C1=CC2c3cc(-c4ccc(-c5ccc6c(c5)c5ccccc5n6-c5ccc(-c6ccccc6)cc5)cc4)ccc3N(c3ccccc3)C2C=C1. The molecule has 0 spiro atoms. The van der Waals surface area contributed by atoms with Gasteiger partial charge in [-0.1, -0.05) is 140 Å². The Morgan fingerprint density at radius 2 is 0.940 bits per heavy atom. The van der Waals surface area contributed by atoms with Crippen LogP contribution < -0.4 is 4.90 Å². The molecule has 2 aliphatic rings. The number of allylic oxidation sites excluding steroid dienone is 2. The minimum atomic E-state index is 0.296. The van der Waals surface area contributed by atoms with E-state index in [1.54, 1.807) is 0 Å². The van der Waals surface area contributed by atoms with E-state index in [4.69, 9.17) is 0 Å². The molecule has 0 N–H and O–H groups in total. The maximum atomic E-state index is 2.49. The molecule has 2 heteroatoms. The van der Waals surface area contributed by atoms with Crippen LogP contribution in [-0.2, 0) is 0 Å².